The predicted octanol–water partition coefficient (Wildman–Crippen LogP) is 3.67. The molecule has 0 radical (unpaired) electrons. The number of hydrogen-bond acceptors (Lipinski definition) is 6. The first-order chi connectivity index (χ1) is 11.7. The molecule has 24 heavy (non-hydrogen) atoms. The van der Waals surface area contributed by atoms with Crippen molar-refractivity contribution in [2.24, 2.45) is 0 Å². The van der Waals surface area contributed by atoms with Gasteiger partial charge in [-0.15, -0.1) is 10.2 Å². The van der Waals surface area contributed by atoms with E-state index in [0.717, 1.165) is 28.3 Å². The van der Waals surface area contributed by atoms with E-state index in [1.54, 1.807) is 14.2 Å². The van der Waals surface area contributed by atoms with Gasteiger partial charge in [-0.3, -0.25) is 0 Å². The largest absolute Gasteiger partial charge is 0.497 e. The number of anilines is 1. The Morgan fingerprint density at radius 3 is 2.50 bits per heavy atom. The molecule has 124 valence electrons. The number of methoxy groups -OCH3 is 2. The van der Waals surface area contributed by atoms with Crippen LogP contribution in [-0.4, -0.2) is 24.4 Å². The van der Waals surface area contributed by atoms with Gasteiger partial charge in [0, 0.05) is 5.56 Å². The van der Waals surface area contributed by atoms with Crippen molar-refractivity contribution in [3.05, 3.63) is 53.9 Å². The van der Waals surface area contributed by atoms with Gasteiger partial charge in [0.15, 0.2) is 0 Å². The highest BCUT2D eigenvalue weighted by Crippen LogP contribution is 2.26. The number of benzene rings is 2. The van der Waals surface area contributed by atoms with Crippen LogP contribution in [0.25, 0.3) is 11.5 Å². The molecule has 0 spiro atoms. The van der Waals surface area contributed by atoms with Crippen molar-refractivity contribution >= 4 is 5.69 Å². The summed E-state index contributed by atoms with van der Waals surface area (Å²) in [5.74, 6) is 2.54. The van der Waals surface area contributed by atoms with E-state index >= 15 is 0 Å². The van der Waals surface area contributed by atoms with Gasteiger partial charge in [-0.1, -0.05) is 6.07 Å². The molecule has 0 aliphatic heterocycles. The number of hydrogen-bond donors (Lipinski definition) is 1. The highest BCUT2D eigenvalue weighted by molar-refractivity contribution is 5.58. The Bertz CT molecular complexity index is 813. The summed E-state index contributed by atoms with van der Waals surface area (Å²) in [7, 11) is 3.27. The minimum absolute atomic E-state index is 0.420. The molecule has 1 heterocycles. The van der Waals surface area contributed by atoms with Crippen LogP contribution in [0.4, 0.5) is 5.69 Å². The van der Waals surface area contributed by atoms with Gasteiger partial charge in [-0.2, -0.15) is 0 Å². The van der Waals surface area contributed by atoms with Crippen molar-refractivity contribution < 1.29 is 13.9 Å². The van der Waals surface area contributed by atoms with Gasteiger partial charge >= 0.3 is 0 Å². The molecule has 0 unspecified atom stereocenters. The SMILES string of the molecule is COc1ccc(-c2nnc(CNc3cc(C)ccc3OC)o2)cc1. The zero-order chi connectivity index (χ0) is 16.9. The molecule has 6 nitrogen and oxygen atoms in total. The average molecular weight is 325 g/mol. The zero-order valence-electron chi connectivity index (χ0n) is 13.9. The maximum absolute atomic E-state index is 5.70. The van der Waals surface area contributed by atoms with Gasteiger partial charge in [0.2, 0.25) is 11.8 Å². The first-order valence-corrected chi connectivity index (χ1v) is 7.55. The van der Waals surface area contributed by atoms with Gasteiger partial charge in [-0.05, 0) is 48.9 Å². The van der Waals surface area contributed by atoms with Crippen molar-refractivity contribution in [3.63, 3.8) is 0 Å². The smallest absolute Gasteiger partial charge is 0.247 e. The van der Waals surface area contributed by atoms with Gasteiger partial charge in [0.1, 0.15) is 11.5 Å². The maximum atomic E-state index is 5.70. The predicted molar refractivity (Wildman–Crippen MR) is 91.3 cm³/mol. The Labute approximate surface area is 140 Å². The number of nitrogens with zero attached hydrogens (tertiary/aromatic N) is 2. The molecule has 0 amide bonds. The Hall–Kier alpha value is -3.02. The molecule has 0 saturated heterocycles. The van der Waals surface area contributed by atoms with Crippen molar-refractivity contribution in [1.82, 2.24) is 10.2 Å². The second kappa shape index (κ2) is 7.04. The van der Waals surface area contributed by atoms with Crippen molar-refractivity contribution in [3.8, 4) is 23.0 Å². The van der Waals surface area contributed by atoms with Crippen LogP contribution in [-0.2, 0) is 6.54 Å². The molecule has 0 bridgehead atoms. The number of aromatic nitrogens is 2. The van der Waals surface area contributed by atoms with E-state index < -0.39 is 0 Å². The topological polar surface area (TPSA) is 69.4 Å². The van der Waals surface area contributed by atoms with E-state index in [-0.39, 0.29) is 0 Å². The molecule has 2 aromatic carbocycles. The summed E-state index contributed by atoms with van der Waals surface area (Å²) in [5.41, 5.74) is 2.88. The van der Waals surface area contributed by atoms with Crippen molar-refractivity contribution in [1.29, 1.82) is 0 Å². The summed E-state index contributed by atoms with van der Waals surface area (Å²) < 4.78 is 16.2. The average Bonchev–Trinajstić information content (AvgIpc) is 3.09. The van der Waals surface area contributed by atoms with Crippen LogP contribution in [0.2, 0.25) is 0 Å². The second-order valence-corrected chi connectivity index (χ2v) is 5.29. The van der Waals surface area contributed by atoms with Crippen molar-refractivity contribution in [2.75, 3.05) is 19.5 Å². The third-order valence-corrected chi connectivity index (χ3v) is 3.59. The molecule has 0 aliphatic carbocycles. The zero-order valence-corrected chi connectivity index (χ0v) is 13.9. The Morgan fingerprint density at radius 2 is 1.79 bits per heavy atom. The molecular weight excluding hydrogens is 306 g/mol. The fourth-order valence-electron chi connectivity index (χ4n) is 2.31. The lowest BCUT2D eigenvalue weighted by Gasteiger charge is -2.10. The van der Waals surface area contributed by atoms with Crippen LogP contribution >= 0.6 is 0 Å². The van der Waals surface area contributed by atoms with Gasteiger partial charge < -0.3 is 19.2 Å². The summed E-state index contributed by atoms with van der Waals surface area (Å²) >= 11 is 0. The Morgan fingerprint density at radius 1 is 1.00 bits per heavy atom. The minimum Gasteiger partial charge on any atom is -0.497 e. The second-order valence-electron chi connectivity index (χ2n) is 5.29. The first kappa shape index (κ1) is 15.9. The summed E-state index contributed by atoms with van der Waals surface area (Å²) in [4.78, 5) is 0. The fraction of sp³-hybridized carbons (Fsp3) is 0.222. The summed E-state index contributed by atoms with van der Waals surface area (Å²) in [6.45, 7) is 2.45. The maximum Gasteiger partial charge on any atom is 0.247 e. The van der Waals surface area contributed by atoms with E-state index in [1.165, 1.54) is 0 Å². The highest BCUT2D eigenvalue weighted by atomic mass is 16.5. The van der Waals surface area contributed by atoms with E-state index in [9.17, 15) is 0 Å². The monoisotopic (exact) mass is 325 g/mol. The molecule has 0 atom stereocenters. The fourth-order valence-corrected chi connectivity index (χ4v) is 2.31. The highest BCUT2D eigenvalue weighted by Gasteiger charge is 2.10. The lowest BCUT2D eigenvalue weighted by molar-refractivity contribution is 0.415. The number of nitrogens with one attached hydrogen (secondary N) is 1. The van der Waals surface area contributed by atoms with Crippen LogP contribution in [0.15, 0.2) is 46.9 Å². The van der Waals surface area contributed by atoms with Gasteiger partial charge in [0.25, 0.3) is 0 Å². The van der Waals surface area contributed by atoms with E-state index in [1.807, 2.05) is 49.4 Å². The standard InChI is InChI=1S/C18H19N3O3/c1-12-4-9-16(23-3)15(10-12)19-11-17-20-21-18(24-17)13-5-7-14(22-2)8-6-13/h4-10,19H,11H2,1-3H3. The molecular formula is C18H19N3O3. The third kappa shape index (κ3) is 3.48. The Balaban J connectivity index is 1.71. The summed E-state index contributed by atoms with van der Waals surface area (Å²) in [5, 5.41) is 11.4. The molecule has 1 aromatic heterocycles. The minimum atomic E-state index is 0.420. The molecule has 0 fully saturated rings. The van der Waals surface area contributed by atoms with Crippen LogP contribution in [0, 0.1) is 6.92 Å². The number of ether oxygens (including phenoxy) is 2. The molecule has 0 saturated carbocycles. The van der Waals surface area contributed by atoms with Crippen LogP contribution in [0.1, 0.15) is 11.5 Å². The summed E-state index contributed by atoms with van der Waals surface area (Å²) in [6, 6.07) is 13.4. The van der Waals surface area contributed by atoms with Gasteiger partial charge in [-0.25, -0.2) is 0 Å². The molecule has 3 aromatic rings. The molecule has 3 rings (SSSR count). The van der Waals surface area contributed by atoms with Crippen molar-refractivity contribution in [2.45, 2.75) is 13.5 Å². The van der Waals surface area contributed by atoms with E-state index in [2.05, 4.69) is 15.5 Å². The van der Waals surface area contributed by atoms with Crippen LogP contribution < -0.4 is 14.8 Å². The quantitative estimate of drug-likeness (QED) is 0.745. The number of rotatable bonds is 6. The van der Waals surface area contributed by atoms with Crippen LogP contribution in [0.3, 0.4) is 0 Å². The molecule has 0 aliphatic rings. The van der Waals surface area contributed by atoms with E-state index in [0.29, 0.717) is 18.3 Å². The first-order valence-electron chi connectivity index (χ1n) is 7.55. The normalized spacial score (nSPS) is 10.5. The molecule has 6 heteroatoms. The molecule has 1 N–H and O–H groups in total. The third-order valence-electron chi connectivity index (χ3n) is 3.59. The Kier molecular flexibility index (Phi) is 4.65. The number of aryl methyl sites for hydroxylation is 1. The van der Waals surface area contributed by atoms with Gasteiger partial charge in [0.05, 0.1) is 26.5 Å². The summed E-state index contributed by atoms with van der Waals surface area (Å²) in [6.07, 6.45) is 0. The lowest BCUT2D eigenvalue weighted by Crippen LogP contribution is -2.02. The lowest BCUT2D eigenvalue weighted by atomic mass is 10.2. The van der Waals surface area contributed by atoms with E-state index in [4.69, 9.17) is 13.9 Å². The van der Waals surface area contributed by atoms with Crippen LogP contribution in [0.5, 0.6) is 11.5 Å².